The van der Waals surface area contributed by atoms with E-state index in [2.05, 4.69) is 74.7 Å². The molecule has 0 atom stereocenters. The minimum absolute atomic E-state index is 0.559. The van der Waals surface area contributed by atoms with Crippen LogP contribution in [0.15, 0.2) is 65.7 Å². The van der Waals surface area contributed by atoms with Gasteiger partial charge in [-0.05, 0) is 24.0 Å². The molecule has 2 aromatic carbocycles. The zero-order valence-electron chi connectivity index (χ0n) is 16.8. The second-order valence-corrected chi connectivity index (χ2v) is 7.39. The lowest BCUT2D eigenvalue weighted by atomic mass is 10.1. The molecule has 5 heteroatoms. The number of hydrogen-bond acceptors (Lipinski definition) is 3. The Balaban J connectivity index is 1.25. The second-order valence-electron chi connectivity index (χ2n) is 7.39. The molecule has 0 saturated carbocycles. The molecule has 0 unspecified atom stereocenters. The zero-order valence-corrected chi connectivity index (χ0v) is 16.8. The quantitative estimate of drug-likeness (QED) is 0.399. The molecule has 0 aromatic heterocycles. The predicted molar refractivity (Wildman–Crippen MR) is 117 cm³/mol. The summed E-state index contributed by atoms with van der Waals surface area (Å²) in [4.78, 5) is 9.53. The van der Waals surface area contributed by atoms with E-state index in [4.69, 9.17) is 5.73 Å². The lowest BCUT2D eigenvalue weighted by molar-refractivity contribution is 0.127. The summed E-state index contributed by atoms with van der Waals surface area (Å²) in [6.45, 7) is 8.33. The van der Waals surface area contributed by atoms with Crippen LogP contribution in [-0.2, 0) is 13.0 Å². The molecular formula is C23H33N5. The highest BCUT2D eigenvalue weighted by atomic mass is 15.3. The molecule has 0 spiro atoms. The van der Waals surface area contributed by atoms with Crippen molar-refractivity contribution < 1.29 is 0 Å². The summed E-state index contributed by atoms with van der Waals surface area (Å²) in [6.07, 6.45) is 2.02. The number of hydrogen-bond donors (Lipinski definition) is 2. The lowest BCUT2D eigenvalue weighted by Crippen LogP contribution is -2.46. The molecular weight excluding hydrogens is 346 g/mol. The fourth-order valence-corrected chi connectivity index (χ4v) is 3.54. The van der Waals surface area contributed by atoms with Crippen molar-refractivity contribution in [2.75, 3.05) is 45.8 Å². The summed E-state index contributed by atoms with van der Waals surface area (Å²) >= 11 is 0. The molecule has 0 amide bonds. The molecule has 5 nitrogen and oxygen atoms in total. The number of benzene rings is 2. The van der Waals surface area contributed by atoms with Crippen LogP contribution in [0, 0.1) is 0 Å². The van der Waals surface area contributed by atoms with Crippen molar-refractivity contribution in [1.29, 1.82) is 0 Å². The summed E-state index contributed by atoms with van der Waals surface area (Å²) in [5.41, 5.74) is 8.68. The summed E-state index contributed by atoms with van der Waals surface area (Å²) in [5, 5.41) is 3.21. The second kappa shape index (κ2) is 11.5. The highest BCUT2D eigenvalue weighted by molar-refractivity contribution is 5.77. The van der Waals surface area contributed by atoms with E-state index in [-0.39, 0.29) is 0 Å². The fraction of sp³-hybridized carbons (Fsp3) is 0.435. The highest BCUT2D eigenvalue weighted by Crippen LogP contribution is 2.08. The molecule has 3 rings (SSSR count). The number of guanidine groups is 1. The number of nitrogens with two attached hydrogens (primary N) is 1. The first-order valence-electron chi connectivity index (χ1n) is 10.4. The predicted octanol–water partition coefficient (Wildman–Crippen LogP) is 2.34. The fourth-order valence-electron chi connectivity index (χ4n) is 3.54. The van der Waals surface area contributed by atoms with Crippen LogP contribution in [0.2, 0.25) is 0 Å². The molecule has 1 aliphatic rings. The van der Waals surface area contributed by atoms with E-state index in [1.54, 1.807) is 0 Å². The molecule has 1 fully saturated rings. The van der Waals surface area contributed by atoms with Gasteiger partial charge in [0, 0.05) is 52.4 Å². The van der Waals surface area contributed by atoms with Crippen molar-refractivity contribution in [2.45, 2.75) is 19.4 Å². The van der Waals surface area contributed by atoms with Crippen molar-refractivity contribution in [2.24, 2.45) is 10.7 Å². The van der Waals surface area contributed by atoms with Gasteiger partial charge in [-0.1, -0.05) is 60.7 Å². The Morgan fingerprint density at radius 2 is 1.46 bits per heavy atom. The first kappa shape index (κ1) is 20.4. The van der Waals surface area contributed by atoms with Crippen LogP contribution in [0.5, 0.6) is 0 Å². The first-order chi connectivity index (χ1) is 13.8. The molecule has 3 N–H and O–H groups in total. The molecule has 0 radical (unpaired) electrons. The Hall–Kier alpha value is -2.37. The van der Waals surface area contributed by atoms with Crippen LogP contribution in [0.3, 0.4) is 0 Å². The molecule has 2 aromatic rings. The average Bonchev–Trinajstić information content (AvgIpc) is 2.74. The van der Waals surface area contributed by atoms with E-state index >= 15 is 0 Å². The minimum atomic E-state index is 0.559. The van der Waals surface area contributed by atoms with E-state index in [1.165, 1.54) is 11.1 Å². The molecule has 28 heavy (non-hydrogen) atoms. The average molecular weight is 380 g/mol. The Morgan fingerprint density at radius 1 is 0.857 bits per heavy atom. The maximum absolute atomic E-state index is 5.97. The third-order valence-electron chi connectivity index (χ3n) is 5.19. The van der Waals surface area contributed by atoms with Gasteiger partial charge in [-0.3, -0.25) is 9.89 Å². The lowest BCUT2D eigenvalue weighted by Gasteiger charge is -2.34. The van der Waals surface area contributed by atoms with Gasteiger partial charge >= 0.3 is 0 Å². The largest absolute Gasteiger partial charge is 0.370 e. The van der Waals surface area contributed by atoms with Gasteiger partial charge in [-0.2, -0.15) is 0 Å². The van der Waals surface area contributed by atoms with Crippen molar-refractivity contribution >= 4 is 5.96 Å². The summed E-state index contributed by atoms with van der Waals surface area (Å²) in [5.74, 6) is 0.559. The van der Waals surface area contributed by atoms with E-state index in [0.717, 1.165) is 65.2 Å². The Bertz CT molecular complexity index is 693. The number of nitrogens with one attached hydrogen (secondary N) is 1. The monoisotopic (exact) mass is 379 g/mol. The third-order valence-corrected chi connectivity index (χ3v) is 5.19. The van der Waals surface area contributed by atoms with Gasteiger partial charge in [0.15, 0.2) is 5.96 Å². The van der Waals surface area contributed by atoms with Crippen LogP contribution >= 0.6 is 0 Å². The van der Waals surface area contributed by atoms with Gasteiger partial charge in [0.1, 0.15) is 0 Å². The van der Waals surface area contributed by atoms with E-state index < -0.39 is 0 Å². The van der Waals surface area contributed by atoms with Crippen LogP contribution in [0.4, 0.5) is 0 Å². The Kier molecular flexibility index (Phi) is 8.34. The highest BCUT2D eigenvalue weighted by Gasteiger charge is 2.16. The van der Waals surface area contributed by atoms with Gasteiger partial charge in [0.2, 0.25) is 0 Å². The molecule has 0 bridgehead atoms. The van der Waals surface area contributed by atoms with Crippen LogP contribution in [-0.4, -0.2) is 61.6 Å². The summed E-state index contributed by atoms with van der Waals surface area (Å²) in [6, 6.07) is 21.2. The first-order valence-corrected chi connectivity index (χ1v) is 10.4. The zero-order chi connectivity index (χ0) is 19.4. The number of rotatable bonds is 9. The van der Waals surface area contributed by atoms with Crippen LogP contribution < -0.4 is 11.1 Å². The van der Waals surface area contributed by atoms with E-state index in [1.807, 2.05) is 6.07 Å². The Morgan fingerprint density at radius 3 is 2.14 bits per heavy atom. The molecule has 1 saturated heterocycles. The van der Waals surface area contributed by atoms with Crippen LogP contribution in [0.1, 0.15) is 17.5 Å². The van der Waals surface area contributed by atoms with Gasteiger partial charge in [-0.15, -0.1) is 0 Å². The topological polar surface area (TPSA) is 56.9 Å². The number of piperazine rings is 1. The van der Waals surface area contributed by atoms with Crippen molar-refractivity contribution in [3.63, 3.8) is 0 Å². The van der Waals surface area contributed by atoms with Crippen molar-refractivity contribution in [3.8, 4) is 0 Å². The van der Waals surface area contributed by atoms with Crippen LogP contribution in [0.25, 0.3) is 0 Å². The molecule has 1 heterocycles. The van der Waals surface area contributed by atoms with Crippen molar-refractivity contribution in [1.82, 2.24) is 15.1 Å². The van der Waals surface area contributed by atoms with Gasteiger partial charge in [-0.25, -0.2) is 0 Å². The van der Waals surface area contributed by atoms with Gasteiger partial charge in [0.05, 0.1) is 0 Å². The maximum atomic E-state index is 5.97. The third kappa shape index (κ3) is 7.33. The SMILES string of the molecule is NC(=NCCCN1CCN(Cc2ccccc2)CC1)NCCc1ccccc1. The molecule has 1 aliphatic heterocycles. The minimum Gasteiger partial charge on any atom is -0.370 e. The number of nitrogens with zero attached hydrogens (tertiary/aromatic N) is 3. The van der Waals surface area contributed by atoms with E-state index in [0.29, 0.717) is 5.96 Å². The molecule has 150 valence electrons. The van der Waals surface area contributed by atoms with E-state index in [9.17, 15) is 0 Å². The normalized spacial score (nSPS) is 16.2. The number of aliphatic imine (C=N–C) groups is 1. The summed E-state index contributed by atoms with van der Waals surface area (Å²) < 4.78 is 0. The van der Waals surface area contributed by atoms with Gasteiger partial charge in [0.25, 0.3) is 0 Å². The smallest absolute Gasteiger partial charge is 0.188 e. The molecule has 0 aliphatic carbocycles. The van der Waals surface area contributed by atoms with Crippen molar-refractivity contribution in [3.05, 3.63) is 71.8 Å². The summed E-state index contributed by atoms with van der Waals surface area (Å²) in [7, 11) is 0. The van der Waals surface area contributed by atoms with Gasteiger partial charge < -0.3 is 16.0 Å². The standard InChI is InChI=1S/C23H33N5/c24-23(26-14-12-21-8-3-1-4-9-21)25-13-7-15-27-16-18-28(19-17-27)20-22-10-5-2-6-11-22/h1-6,8-11H,7,12-20H2,(H3,24,25,26). The maximum Gasteiger partial charge on any atom is 0.188 e. The Labute approximate surface area is 169 Å².